The molecule has 1 amide bonds. The number of unbranched alkanes of at least 4 members (excludes halogenated alkanes) is 23. The molecule has 11 heteroatoms. The normalized spacial score (nSPS) is 19.3. The number of ether oxygens (including phenoxy) is 3. The molecule has 0 aromatic heterocycles. The number of aliphatic hydroxyl groups is 5. The minimum atomic E-state index is -1.63. The quantitative estimate of drug-likeness (QED) is 0.0195. The Morgan fingerprint density at radius 1 is 0.482 bits per heavy atom. The maximum absolute atomic E-state index is 13.4. The summed E-state index contributed by atoms with van der Waals surface area (Å²) in [6, 6.07) is -1.05. The highest BCUT2D eigenvalue weighted by Gasteiger charge is 2.47. The van der Waals surface area contributed by atoms with E-state index in [4.69, 9.17) is 14.2 Å². The lowest BCUT2D eigenvalue weighted by atomic mass is 9.99. The number of carbonyl (C=O) groups excluding carboxylic acids is 2. The predicted octanol–water partition coefficient (Wildman–Crippen LogP) is 16.6. The fourth-order valence-electron chi connectivity index (χ4n) is 9.60. The highest BCUT2D eigenvalue weighted by Crippen LogP contribution is 2.26. The van der Waals surface area contributed by atoms with E-state index >= 15 is 0 Å². The van der Waals surface area contributed by atoms with Crippen LogP contribution >= 0.6 is 0 Å². The van der Waals surface area contributed by atoms with E-state index in [0.717, 1.165) is 128 Å². The molecule has 0 spiro atoms. The van der Waals surface area contributed by atoms with E-state index in [-0.39, 0.29) is 19.4 Å². The smallest absolute Gasteiger partial charge is 0.306 e. The van der Waals surface area contributed by atoms with Crippen LogP contribution < -0.4 is 5.32 Å². The first-order chi connectivity index (χ1) is 40.7. The molecule has 1 heterocycles. The summed E-state index contributed by atoms with van der Waals surface area (Å²) in [6.45, 7) is 5.62. The van der Waals surface area contributed by atoms with Crippen molar-refractivity contribution < 1.29 is 49.3 Å². The molecule has 474 valence electrons. The van der Waals surface area contributed by atoms with Gasteiger partial charge in [-0.2, -0.15) is 0 Å². The topological polar surface area (TPSA) is 175 Å². The number of amides is 1. The average Bonchev–Trinajstić information content (AvgIpc) is 3.52. The Balaban J connectivity index is 2.65. The Hall–Kier alpha value is -3.94. The summed E-state index contributed by atoms with van der Waals surface area (Å²) in [4.78, 5) is 26.6. The molecule has 1 fully saturated rings. The largest absolute Gasteiger partial charge is 0.454 e. The molecule has 1 saturated heterocycles. The van der Waals surface area contributed by atoms with E-state index in [9.17, 15) is 35.1 Å². The van der Waals surface area contributed by atoms with Crippen LogP contribution in [0.1, 0.15) is 258 Å². The van der Waals surface area contributed by atoms with Crippen molar-refractivity contribution in [2.45, 2.75) is 307 Å². The van der Waals surface area contributed by atoms with Crippen LogP contribution in [0.25, 0.3) is 0 Å². The first-order valence-electron chi connectivity index (χ1n) is 33.3. The van der Waals surface area contributed by atoms with Gasteiger partial charge in [-0.1, -0.05) is 258 Å². The van der Waals surface area contributed by atoms with Crippen molar-refractivity contribution >= 4 is 11.9 Å². The molecular weight excluding hydrogens is 1040 g/mol. The van der Waals surface area contributed by atoms with E-state index in [0.29, 0.717) is 12.8 Å². The van der Waals surface area contributed by atoms with Crippen LogP contribution in [-0.2, 0) is 23.8 Å². The second kappa shape index (κ2) is 58.4. The second-order valence-electron chi connectivity index (χ2n) is 22.5. The van der Waals surface area contributed by atoms with Gasteiger partial charge in [0, 0.05) is 6.42 Å². The molecule has 0 bridgehead atoms. The third-order valence-electron chi connectivity index (χ3n) is 14.8. The Bertz CT molecular complexity index is 1810. The number of aliphatic hydroxyl groups excluding tert-OH is 5. The zero-order valence-corrected chi connectivity index (χ0v) is 52.5. The van der Waals surface area contributed by atoms with Gasteiger partial charge in [0.05, 0.1) is 25.4 Å². The van der Waals surface area contributed by atoms with Gasteiger partial charge in [0.25, 0.3) is 0 Å². The molecule has 83 heavy (non-hydrogen) atoms. The van der Waals surface area contributed by atoms with Crippen LogP contribution in [0.2, 0.25) is 0 Å². The monoisotopic (exact) mass is 1160 g/mol. The molecule has 6 N–H and O–H groups in total. The van der Waals surface area contributed by atoms with E-state index < -0.39 is 67.4 Å². The van der Waals surface area contributed by atoms with Crippen molar-refractivity contribution in [2.24, 2.45) is 0 Å². The Morgan fingerprint density at radius 3 is 1.33 bits per heavy atom. The van der Waals surface area contributed by atoms with Crippen LogP contribution in [0.15, 0.2) is 122 Å². The summed E-state index contributed by atoms with van der Waals surface area (Å²) in [7, 11) is 0. The second-order valence-corrected chi connectivity index (χ2v) is 22.5. The number of rotatable bonds is 55. The van der Waals surface area contributed by atoms with Crippen molar-refractivity contribution in [3.63, 3.8) is 0 Å². The van der Waals surface area contributed by atoms with Crippen molar-refractivity contribution in [3.05, 3.63) is 122 Å². The van der Waals surface area contributed by atoms with Gasteiger partial charge in [0.15, 0.2) is 12.4 Å². The number of hydrogen-bond acceptors (Lipinski definition) is 10. The number of nitrogens with one attached hydrogen (secondary N) is 1. The van der Waals surface area contributed by atoms with E-state index in [1.54, 1.807) is 6.08 Å². The van der Waals surface area contributed by atoms with Crippen LogP contribution in [0.5, 0.6) is 0 Å². The lowest BCUT2D eigenvalue weighted by molar-refractivity contribution is -0.305. The summed E-state index contributed by atoms with van der Waals surface area (Å²) in [6.07, 6.45) is 70.8. The first-order valence-corrected chi connectivity index (χ1v) is 33.3. The minimum absolute atomic E-state index is 0.105. The lowest BCUT2D eigenvalue weighted by Gasteiger charge is -2.41. The molecule has 0 radical (unpaired) electrons. The van der Waals surface area contributed by atoms with Gasteiger partial charge < -0.3 is 45.1 Å². The Labute approximate surface area is 506 Å². The van der Waals surface area contributed by atoms with Crippen molar-refractivity contribution in [1.29, 1.82) is 0 Å². The van der Waals surface area contributed by atoms with Crippen molar-refractivity contribution in [1.82, 2.24) is 5.32 Å². The van der Waals surface area contributed by atoms with Gasteiger partial charge >= 0.3 is 5.97 Å². The van der Waals surface area contributed by atoms with Crippen molar-refractivity contribution in [3.8, 4) is 0 Å². The summed E-state index contributed by atoms with van der Waals surface area (Å²) in [5.41, 5.74) is 0. The van der Waals surface area contributed by atoms with E-state index in [1.807, 2.05) is 6.08 Å². The van der Waals surface area contributed by atoms with Crippen LogP contribution in [0.3, 0.4) is 0 Å². The van der Waals surface area contributed by atoms with E-state index in [1.165, 1.54) is 83.5 Å². The van der Waals surface area contributed by atoms with Gasteiger partial charge in [-0.05, 0) is 116 Å². The van der Waals surface area contributed by atoms with Gasteiger partial charge in [0.2, 0.25) is 5.91 Å². The zero-order chi connectivity index (χ0) is 60.3. The molecule has 1 rings (SSSR count). The van der Waals surface area contributed by atoms with Crippen molar-refractivity contribution in [2.75, 3.05) is 13.2 Å². The molecule has 8 atom stereocenters. The molecule has 0 aliphatic carbocycles. The molecule has 1 aliphatic rings. The number of allylic oxidation sites excluding steroid dienone is 19. The maximum atomic E-state index is 13.4. The fraction of sp³-hybridized carbons (Fsp3) is 0.694. The highest BCUT2D eigenvalue weighted by molar-refractivity contribution is 5.80. The first kappa shape index (κ1) is 77.1. The van der Waals surface area contributed by atoms with Gasteiger partial charge in [-0.15, -0.1) is 0 Å². The van der Waals surface area contributed by atoms with Crippen LogP contribution in [0, 0.1) is 0 Å². The number of carbonyl (C=O) groups is 2. The molecule has 0 saturated carbocycles. The fourth-order valence-corrected chi connectivity index (χ4v) is 9.60. The van der Waals surface area contributed by atoms with Gasteiger partial charge in [-0.3, -0.25) is 9.59 Å². The molecule has 0 aromatic carbocycles. The van der Waals surface area contributed by atoms with Crippen LogP contribution in [-0.4, -0.2) is 99.6 Å². The summed E-state index contributed by atoms with van der Waals surface area (Å²) in [5.74, 6) is -1.24. The summed E-state index contributed by atoms with van der Waals surface area (Å²) >= 11 is 0. The van der Waals surface area contributed by atoms with Gasteiger partial charge in [-0.25, -0.2) is 0 Å². The molecule has 8 unspecified atom stereocenters. The third kappa shape index (κ3) is 46.0. The SMILES string of the molecule is CC/C=C\C/C=C\C/C=C\C/C=C\C/C=C\C/C=C\CCCCCC(O)C(=O)NC(COC1OC(CO)C(O)C(O)C1OC(=O)CCCCCCCCCC/C=C\C/C=C\C/C=C\CCCCC)C(O)/C=C/CCCCCCCCCCC. The maximum Gasteiger partial charge on any atom is 0.306 e. The molecule has 0 aromatic rings. The zero-order valence-electron chi connectivity index (χ0n) is 52.5. The minimum Gasteiger partial charge on any atom is -0.454 e. The highest BCUT2D eigenvalue weighted by atomic mass is 16.7. The average molecular weight is 1160 g/mol. The standard InChI is InChI=1S/C72H121NO10/c1-4-7-10-13-16-19-22-24-26-28-30-32-34-35-37-39-41-44-47-50-53-56-59-65(76)71(80)73-63(64(75)58-55-52-49-46-43-21-18-15-12-9-6-3)62-81-72-70(69(79)68(78)66(61-74)82-72)83-67(77)60-57-54-51-48-45-42-40-38-36-33-31-29-27-25-23-20-17-14-11-8-5-2/h7,10,16-17,19-20,24-27,30-33,35,37,41,44,55,58,63-66,68-70,72,74-76,78-79H,4-6,8-9,11-15,18,21-23,28-29,34,36,38-40,42-43,45-54,56-57,59-62H2,1-3H3,(H,73,80)/b10-7-,19-16-,20-17-,26-24-,27-25-,32-30-,33-31-,37-35-,44-41-,58-55+. The number of esters is 1. The molecule has 11 nitrogen and oxygen atoms in total. The van der Waals surface area contributed by atoms with Crippen LogP contribution in [0.4, 0.5) is 0 Å². The third-order valence-corrected chi connectivity index (χ3v) is 14.8. The lowest BCUT2D eigenvalue weighted by Crippen LogP contribution is -2.61. The summed E-state index contributed by atoms with van der Waals surface area (Å²) < 4.78 is 17.6. The predicted molar refractivity (Wildman–Crippen MR) is 347 cm³/mol. The van der Waals surface area contributed by atoms with Gasteiger partial charge in [0.1, 0.15) is 24.4 Å². The molecule has 1 aliphatic heterocycles. The number of hydrogen-bond donors (Lipinski definition) is 6. The Kier molecular flexibility index (Phi) is 54.3. The summed E-state index contributed by atoms with van der Waals surface area (Å²) in [5, 5.41) is 57.1. The Morgan fingerprint density at radius 2 is 0.867 bits per heavy atom. The molecular formula is C72H121NO10. The van der Waals surface area contributed by atoms with E-state index in [2.05, 4.69) is 135 Å².